The van der Waals surface area contributed by atoms with E-state index in [0.717, 1.165) is 31.7 Å². The van der Waals surface area contributed by atoms with Gasteiger partial charge in [-0.1, -0.05) is 49.6 Å². The Balaban J connectivity index is 1.61. The van der Waals surface area contributed by atoms with Crippen molar-refractivity contribution < 1.29 is 22.7 Å². The topological polar surface area (TPSA) is 41.6 Å². The Morgan fingerprint density at radius 2 is 1.73 bits per heavy atom. The van der Waals surface area contributed by atoms with E-state index >= 15 is 0 Å². The number of carbonyl (C=O) groups excluding carboxylic acids is 1. The van der Waals surface area contributed by atoms with E-state index in [9.17, 15) is 18.0 Å². The Labute approximate surface area is 173 Å². The van der Waals surface area contributed by atoms with Gasteiger partial charge in [0.2, 0.25) is 5.76 Å². The van der Waals surface area contributed by atoms with Gasteiger partial charge in [-0.15, -0.1) is 0 Å². The van der Waals surface area contributed by atoms with Crippen molar-refractivity contribution in [1.82, 2.24) is 5.32 Å². The van der Waals surface area contributed by atoms with Crippen LogP contribution in [0.15, 0.2) is 60.5 Å². The van der Waals surface area contributed by atoms with Crippen LogP contribution in [0, 0.1) is 0 Å². The summed E-state index contributed by atoms with van der Waals surface area (Å²) in [5, 5.41) is 3.00. The Kier molecular flexibility index (Phi) is 5.70. The second kappa shape index (κ2) is 8.42. The summed E-state index contributed by atoms with van der Waals surface area (Å²) in [5.41, 5.74) is 0.0595. The number of para-hydroxylation sites is 2. The van der Waals surface area contributed by atoms with E-state index in [1.165, 1.54) is 24.8 Å². The van der Waals surface area contributed by atoms with Crippen LogP contribution in [0.1, 0.15) is 43.2 Å². The molecule has 1 heterocycles. The Morgan fingerprint density at radius 3 is 2.50 bits per heavy atom. The Bertz CT molecular complexity index is 949. The van der Waals surface area contributed by atoms with Gasteiger partial charge < -0.3 is 15.0 Å². The number of hydrogen-bond donors (Lipinski definition) is 1. The third-order valence-electron chi connectivity index (χ3n) is 5.50. The molecule has 2 aliphatic rings. The minimum absolute atomic E-state index is 0.0315. The third kappa shape index (κ3) is 4.45. The molecule has 0 aromatic heterocycles. The number of hydrogen-bond acceptors (Lipinski definition) is 3. The van der Waals surface area contributed by atoms with E-state index in [4.69, 9.17) is 4.74 Å². The van der Waals surface area contributed by atoms with Crippen molar-refractivity contribution in [3.8, 4) is 5.75 Å². The SMILES string of the molecule is O=C(NC1CCCCC1)C1=CN(Cc2ccccc2C(F)(F)F)c2ccccc2O1. The van der Waals surface area contributed by atoms with Crippen LogP contribution >= 0.6 is 0 Å². The summed E-state index contributed by atoms with van der Waals surface area (Å²) < 4.78 is 46.1. The lowest BCUT2D eigenvalue weighted by molar-refractivity contribution is -0.138. The lowest BCUT2D eigenvalue weighted by Crippen LogP contribution is -2.39. The van der Waals surface area contributed by atoms with Crippen molar-refractivity contribution in [3.05, 3.63) is 71.6 Å². The summed E-state index contributed by atoms with van der Waals surface area (Å²) in [6, 6.07) is 12.6. The molecule has 2 aromatic rings. The number of amides is 1. The zero-order valence-corrected chi connectivity index (χ0v) is 16.4. The van der Waals surface area contributed by atoms with Crippen LogP contribution < -0.4 is 15.0 Å². The monoisotopic (exact) mass is 416 g/mol. The van der Waals surface area contributed by atoms with Gasteiger partial charge in [0.15, 0.2) is 5.75 Å². The Morgan fingerprint density at radius 1 is 1.03 bits per heavy atom. The first-order valence-electron chi connectivity index (χ1n) is 10.1. The van der Waals surface area contributed by atoms with Gasteiger partial charge in [0.1, 0.15) is 0 Å². The predicted molar refractivity (Wildman–Crippen MR) is 108 cm³/mol. The fourth-order valence-electron chi connectivity index (χ4n) is 3.99. The maximum atomic E-state index is 13.4. The average Bonchev–Trinajstić information content (AvgIpc) is 2.74. The van der Waals surface area contributed by atoms with Gasteiger partial charge in [-0.25, -0.2) is 0 Å². The molecule has 0 atom stereocenters. The van der Waals surface area contributed by atoms with E-state index < -0.39 is 11.7 Å². The van der Waals surface area contributed by atoms with E-state index in [-0.39, 0.29) is 29.8 Å². The smallest absolute Gasteiger partial charge is 0.416 e. The van der Waals surface area contributed by atoms with E-state index in [1.807, 2.05) is 0 Å². The Hall–Kier alpha value is -2.96. The first-order chi connectivity index (χ1) is 14.4. The van der Waals surface area contributed by atoms with Crippen molar-refractivity contribution in [3.63, 3.8) is 0 Å². The lowest BCUT2D eigenvalue weighted by Gasteiger charge is -2.30. The van der Waals surface area contributed by atoms with Gasteiger partial charge in [-0.3, -0.25) is 4.79 Å². The summed E-state index contributed by atoms with van der Waals surface area (Å²) in [5.74, 6) is 0.188. The second-order valence-corrected chi connectivity index (χ2v) is 7.65. The summed E-state index contributed by atoms with van der Waals surface area (Å²) in [6.07, 6.45) is 2.23. The van der Waals surface area contributed by atoms with Gasteiger partial charge >= 0.3 is 6.18 Å². The lowest BCUT2D eigenvalue weighted by atomic mass is 9.95. The number of carbonyl (C=O) groups is 1. The number of nitrogens with one attached hydrogen (secondary N) is 1. The molecular weight excluding hydrogens is 393 g/mol. The van der Waals surface area contributed by atoms with E-state index in [1.54, 1.807) is 35.2 Å². The highest BCUT2D eigenvalue weighted by Gasteiger charge is 2.34. The minimum atomic E-state index is -4.45. The van der Waals surface area contributed by atoms with Crippen molar-refractivity contribution in [2.75, 3.05) is 4.90 Å². The van der Waals surface area contributed by atoms with Crippen LogP contribution in [0.3, 0.4) is 0 Å². The van der Waals surface area contributed by atoms with Gasteiger partial charge in [0, 0.05) is 12.6 Å². The number of benzene rings is 2. The van der Waals surface area contributed by atoms with Crippen LogP contribution in [0.2, 0.25) is 0 Å². The molecule has 1 aliphatic carbocycles. The molecule has 0 saturated heterocycles. The molecule has 1 fully saturated rings. The predicted octanol–water partition coefficient (Wildman–Crippen LogP) is 5.39. The zero-order valence-electron chi connectivity index (χ0n) is 16.4. The number of halogens is 3. The molecule has 7 heteroatoms. The van der Waals surface area contributed by atoms with Crippen LogP contribution in [-0.2, 0) is 17.5 Å². The van der Waals surface area contributed by atoms with Crippen LogP contribution in [0.25, 0.3) is 0 Å². The number of ether oxygens (including phenoxy) is 1. The molecule has 0 radical (unpaired) electrons. The fraction of sp³-hybridized carbons (Fsp3) is 0.348. The number of fused-ring (bicyclic) bond motifs is 1. The van der Waals surface area contributed by atoms with Crippen molar-refractivity contribution in [1.29, 1.82) is 0 Å². The first-order valence-corrected chi connectivity index (χ1v) is 10.1. The second-order valence-electron chi connectivity index (χ2n) is 7.65. The average molecular weight is 416 g/mol. The third-order valence-corrected chi connectivity index (χ3v) is 5.50. The summed E-state index contributed by atoms with van der Waals surface area (Å²) in [6.45, 7) is -0.0315. The summed E-state index contributed by atoms with van der Waals surface area (Å²) in [7, 11) is 0. The van der Waals surface area contributed by atoms with Gasteiger partial charge in [0.05, 0.1) is 17.5 Å². The van der Waals surface area contributed by atoms with Crippen LogP contribution in [0.5, 0.6) is 5.75 Å². The molecular formula is C23H23F3N2O2. The molecule has 158 valence electrons. The zero-order chi connectivity index (χ0) is 21.1. The highest BCUT2D eigenvalue weighted by Crippen LogP contribution is 2.37. The molecule has 4 nitrogen and oxygen atoms in total. The van der Waals surface area contributed by atoms with Gasteiger partial charge in [-0.2, -0.15) is 13.2 Å². The maximum Gasteiger partial charge on any atom is 0.416 e. The molecule has 1 saturated carbocycles. The van der Waals surface area contributed by atoms with E-state index in [2.05, 4.69) is 5.32 Å². The minimum Gasteiger partial charge on any atom is -0.448 e. The number of nitrogens with zero attached hydrogens (tertiary/aromatic N) is 1. The van der Waals surface area contributed by atoms with Crippen molar-refractivity contribution >= 4 is 11.6 Å². The molecule has 2 aromatic carbocycles. The molecule has 0 unspecified atom stereocenters. The largest absolute Gasteiger partial charge is 0.448 e. The first kappa shape index (κ1) is 20.3. The summed E-state index contributed by atoms with van der Waals surface area (Å²) in [4.78, 5) is 14.4. The molecule has 0 bridgehead atoms. The highest BCUT2D eigenvalue weighted by molar-refractivity contribution is 5.93. The molecule has 1 N–H and O–H groups in total. The molecule has 1 aliphatic heterocycles. The number of anilines is 1. The van der Waals surface area contributed by atoms with Crippen LogP contribution in [0.4, 0.5) is 18.9 Å². The normalized spacial score (nSPS) is 17.0. The number of rotatable bonds is 4. The van der Waals surface area contributed by atoms with Gasteiger partial charge in [-0.05, 0) is 36.6 Å². The molecule has 4 rings (SSSR count). The standard InChI is InChI=1S/C23H23F3N2O2/c24-23(25,26)18-11-5-4-8-16(18)14-28-15-21(30-20-13-7-6-12-19(20)28)22(29)27-17-9-2-1-3-10-17/h4-8,11-13,15,17H,1-3,9-10,14H2,(H,27,29). The number of alkyl halides is 3. The van der Waals surface area contributed by atoms with Crippen molar-refractivity contribution in [2.24, 2.45) is 0 Å². The van der Waals surface area contributed by atoms with Crippen molar-refractivity contribution in [2.45, 2.75) is 50.9 Å². The van der Waals surface area contributed by atoms with E-state index in [0.29, 0.717) is 11.4 Å². The highest BCUT2D eigenvalue weighted by atomic mass is 19.4. The molecule has 0 spiro atoms. The van der Waals surface area contributed by atoms with Crippen LogP contribution in [-0.4, -0.2) is 11.9 Å². The fourth-order valence-corrected chi connectivity index (χ4v) is 3.99. The quantitative estimate of drug-likeness (QED) is 0.726. The van der Waals surface area contributed by atoms with Gasteiger partial charge in [0.25, 0.3) is 5.91 Å². The maximum absolute atomic E-state index is 13.4. The summed E-state index contributed by atoms with van der Waals surface area (Å²) >= 11 is 0. The molecule has 30 heavy (non-hydrogen) atoms. The molecule has 1 amide bonds.